The quantitative estimate of drug-likeness (QED) is 0.695. The number of imidazole rings is 1. The summed E-state index contributed by atoms with van der Waals surface area (Å²) in [7, 11) is 4.89. The first-order chi connectivity index (χ1) is 14.2. The van der Waals surface area contributed by atoms with Crippen molar-refractivity contribution < 1.29 is 9.53 Å². The smallest absolute Gasteiger partial charge is 0.407 e. The zero-order valence-corrected chi connectivity index (χ0v) is 19.9. The first-order valence-corrected chi connectivity index (χ1v) is 10.2. The molecule has 0 spiro atoms. The molecule has 31 heavy (non-hydrogen) atoms. The lowest BCUT2D eigenvalue weighted by Gasteiger charge is -2.27. The first kappa shape index (κ1) is 24.2. The van der Waals surface area contributed by atoms with E-state index in [0.29, 0.717) is 30.2 Å². The Kier molecular flexibility index (Phi) is 7.03. The second-order valence-electron chi connectivity index (χ2n) is 9.02. The van der Waals surface area contributed by atoms with Crippen molar-refractivity contribution in [3.8, 4) is 0 Å². The zero-order chi connectivity index (χ0) is 23.7. The Bertz CT molecular complexity index is 1110. The molecule has 2 heterocycles. The van der Waals surface area contributed by atoms with Gasteiger partial charge < -0.3 is 19.5 Å². The maximum Gasteiger partial charge on any atom is 0.407 e. The second kappa shape index (κ2) is 8.99. The number of allylic oxidation sites excluding steroid dienone is 2. The van der Waals surface area contributed by atoms with Gasteiger partial charge in [0.2, 0.25) is 5.95 Å². The van der Waals surface area contributed by atoms with Gasteiger partial charge in [0.25, 0.3) is 5.56 Å². The topological polar surface area (TPSA) is 103 Å². The molecule has 0 aliphatic heterocycles. The number of carbonyl (C=O) groups excluding carboxylic acids is 1. The average molecular weight is 435 g/mol. The third kappa shape index (κ3) is 5.36. The molecule has 2 aromatic rings. The first-order valence-electron chi connectivity index (χ1n) is 10.2. The molecule has 0 bridgehead atoms. The number of anilines is 1. The lowest BCUT2D eigenvalue weighted by Crippen LogP contribution is -2.43. The number of aryl methyl sites for hydroxylation is 1. The molecule has 0 aromatic carbocycles. The predicted octanol–water partition coefficient (Wildman–Crippen LogP) is 1.75. The Morgan fingerprint density at radius 3 is 2.39 bits per heavy atom. The van der Waals surface area contributed by atoms with Gasteiger partial charge in [0.15, 0.2) is 11.2 Å². The molecule has 0 aliphatic carbocycles. The van der Waals surface area contributed by atoms with Crippen LogP contribution in [0.25, 0.3) is 11.2 Å². The van der Waals surface area contributed by atoms with Gasteiger partial charge in [-0.3, -0.25) is 13.9 Å². The van der Waals surface area contributed by atoms with Crippen LogP contribution in [0.4, 0.5) is 10.7 Å². The summed E-state index contributed by atoms with van der Waals surface area (Å²) in [6.45, 7) is 12.0. The number of hydrogen-bond donors (Lipinski definition) is 1. The third-order valence-corrected chi connectivity index (χ3v) is 4.93. The number of nitrogens with zero attached hydrogens (tertiary/aromatic N) is 5. The van der Waals surface area contributed by atoms with E-state index in [-0.39, 0.29) is 6.04 Å². The molecule has 0 saturated heterocycles. The van der Waals surface area contributed by atoms with Crippen LogP contribution in [-0.2, 0) is 25.4 Å². The molecule has 0 fully saturated rings. The van der Waals surface area contributed by atoms with E-state index < -0.39 is 22.9 Å². The van der Waals surface area contributed by atoms with Crippen molar-refractivity contribution in [1.29, 1.82) is 0 Å². The molecule has 0 unspecified atom stereocenters. The number of rotatable bonds is 6. The fraction of sp³-hybridized carbons (Fsp3) is 0.619. The van der Waals surface area contributed by atoms with Crippen molar-refractivity contribution in [2.24, 2.45) is 14.1 Å². The lowest BCUT2D eigenvalue weighted by atomic mass is 10.2. The number of fused-ring (bicyclic) bond motifs is 1. The highest BCUT2D eigenvalue weighted by atomic mass is 16.6. The van der Waals surface area contributed by atoms with E-state index in [1.54, 1.807) is 32.4 Å². The average Bonchev–Trinajstić information content (AvgIpc) is 3.04. The van der Waals surface area contributed by atoms with Gasteiger partial charge in [0, 0.05) is 40.3 Å². The Balaban J connectivity index is 2.46. The van der Waals surface area contributed by atoms with Crippen LogP contribution in [0.15, 0.2) is 21.2 Å². The van der Waals surface area contributed by atoms with E-state index in [0.717, 1.165) is 10.1 Å². The van der Waals surface area contributed by atoms with Gasteiger partial charge in [0.05, 0.1) is 0 Å². The van der Waals surface area contributed by atoms with E-state index in [4.69, 9.17) is 4.74 Å². The Morgan fingerprint density at radius 1 is 1.23 bits per heavy atom. The monoisotopic (exact) mass is 434 g/mol. The van der Waals surface area contributed by atoms with Crippen LogP contribution >= 0.6 is 0 Å². The highest BCUT2D eigenvalue weighted by Crippen LogP contribution is 2.20. The fourth-order valence-electron chi connectivity index (χ4n) is 3.03. The van der Waals surface area contributed by atoms with Crippen LogP contribution in [0.3, 0.4) is 0 Å². The molecule has 0 aliphatic rings. The SMILES string of the molecule is CC(C)=CCn1c(N(C)[C@H](C)CNC(=O)OC(C)(C)C)nc2c1c(=O)n(C)c(=O)n2C. The van der Waals surface area contributed by atoms with Crippen LogP contribution in [0.1, 0.15) is 41.5 Å². The third-order valence-electron chi connectivity index (χ3n) is 4.93. The summed E-state index contributed by atoms with van der Waals surface area (Å²) >= 11 is 0. The molecule has 172 valence electrons. The van der Waals surface area contributed by atoms with Crippen molar-refractivity contribution in [3.63, 3.8) is 0 Å². The highest BCUT2D eigenvalue weighted by molar-refractivity contribution is 5.74. The molecular weight excluding hydrogens is 400 g/mol. The number of likely N-dealkylation sites (N-methyl/N-ethyl adjacent to an activating group) is 1. The molecular formula is C21H34N6O4. The minimum atomic E-state index is -0.581. The van der Waals surface area contributed by atoms with E-state index in [2.05, 4.69) is 10.3 Å². The maximum atomic E-state index is 12.9. The summed E-state index contributed by atoms with van der Waals surface area (Å²) in [6, 6.07) is -0.157. The van der Waals surface area contributed by atoms with Crippen LogP contribution in [0.5, 0.6) is 0 Å². The van der Waals surface area contributed by atoms with Crippen LogP contribution < -0.4 is 21.5 Å². The van der Waals surface area contributed by atoms with E-state index >= 15 is 0 Å². The normalized spacial score (nSPS) is 12.5. The summed E-state index contributed by atoms with van der Waals surface area (Å²) < 4.78 is 9.54. The molecule has 1 N–H and O–H groups in total. The summed E-state index contributed by atoms with van der Waals surface area (Å²) in [6.07, 6.45) is 1.49. The Morgan fingerprint density at radius 2 is 1.84 bits per heavy atom. The minimum absolute atomic E-state index is 0.157. The van der Waals surface area contributed by atoms with Crippen molar-refractivity contribution >= 4 is 23.2 Å². The molecule has 2 aromatic heterocycles. The summed E-state index contributed by atoms with van der Waals surface area (Å²) in [5.41, 5.74) is 0.366. The van der Waals surface area contributed by atoms with Crippen molar-refractivity contribution in [3.05, 3.63) is 32.5 Å². The van der Waals surface area contributed by atoms with E-state index in [1.165, 1.54) is 11.6 Å². The fourth-order valence-corrected chi connectivity index (χ4v) is 3.03. The standard InChI is InChI=1S/C21H34N6O4/c1-13(2)10-11-27-15-16(25(8)20(30)26(9)17(15)28)23-18(27)24(7)14(3)12-22-19(29)31-21(4,5)6/h10,14H,11-12H2,1-9H3,(H,22,29)/t14-/m1/s1. The van der Waals surface area contributed by atoms with Crippen LogP contribution in [-0.4, -0.2) is 50.0 Å². The number of amides is 1. The van der Waals surface area contributed by atoms with Gasteiger partial charge >= 0.3 is 11.8 Å². The Hall–Kier alpha value is -3.04. The van der Waals surface area contributed by atoms with Crippen molar-refractivity contribution in [2.45, 2.75) is 59.7 Å². The molecule has 0 saturated carbocycles. The van der Waals surface area contributed by atoms with Gasteiger partial charge in [-0.25, -0.2) is 9.59 Å². The molecule has 2 rings (SSSR count). The zero-order valence-electron chi connectivity index (χ0n) is 19.9. The number of alkyl carbamates (subject to hydrolysis) is 1. The summed E-state index contributed by atoms with van der Waals surface area (Å²) in [4.78, 5) is 43.8. The lowest BCUT2D eigenvalue weighted by molar-refractivity contribution is 0.0525. The van der Waals surface area contributed by atoms with Crippen molar-refractivity contribution in [2.75, 3.05) is 18.5 Å². The van der Waals surface area contributed by atoms with Crippen LogP contribution in [0, 0.1) is 0 Å². The largest absolute Gasteiger partial charge is 0.444 e. The van der Waals surface area contributed by atoms with E-state index in [1.807, 2.05) is 38.8 Å². The van der Waals surface area contributed by atoms with Gasteiger partial charge in [-0.05, 0) is 41.5 Å². The van der Waals surface area contributed by atoms with Gasteiger partial charge in [0.1, 0.15) is 5.60 Å². The molecule has 1 atom stereocenters. The number of hydrogen-bond acceptors (Lipinski definition) is 6. The predicted molar refractivity (Wildman–Crippen MR) is 122 cm³/mol. The van der Waals surface area contributed by atoms with Gasteiger partial charge in [-0.1, -0.05) is 11.6 Å². The Labute approximate surface area is 182 Å². The maximum absolute atomic E-state index is 12.9. The number of nitrogens with one attached hydrogen (secondary N) is 1. The summed E-state index contributed by atoms with van der Waals surface area (Å²) in [5, 5.41) is 2.76. The molecule has 1 amide bonds. The van der Waals surface area contributed by atoms with Gasteiger partial charge in [-0.15, -0.1) is 0 Å². The number of aromatic nitrogens is 4. The summed E-state index contributed by atoms with van der Waals surface area (Å²) in [5.74, 6) is 0.532. The van der Waals surface area contributed by atoms with Gasteiger partial charge in [-0.2, -0.15) is 4.98 Å². The van der Waals surface area contributed by atoms with E-state index in [9.17, 15) is 14.4 Å². The molecule has 10 nitrogen and oxygen atoms in total. The second-order valence-corrected chi connectivity index (χ2v) is 9.02. The molecule has 0 radical (unpaired) electrons. The number of ether oxygens (including phenoxy) is 1. The molecule has 10 heteroatoms. The highest BCUT2D eigenvalue weighted by Gasteiger charge is 2.24. The number of carbonyl (C=O) groups is 1. The minimum Gasteiger partial charge on any atom is -0.444 e. The van der Waals surface area contributed by atoms with Crippen molar-refractivity contribution in [1.82, 2.24) is 24.0 Å². The van der Waals surface area contributed by atoms with Crippen LogP contribution in [0.2, 0.25) is 0 Å².